The molecule has 0 fully saturated rings. The molecule has 1 radical (unpaired) electrons. The summed E-state index contributed by atoms with van der Waals surface area (Å²) in [6.45, 7) is 0. The maximum absolute atomic E-state index is 2.50. The Hall–Kier alpha value is 0.858. The number of allylic oxidation sites excluding steroid dienone is 1. The van der Waals surface area contributed by atoms with Gasteiger partial charge in [0, 0.05) is 0 Å². The molecule has 0 bridgehead atoms. The third-order valence-corrected chi connectivity index (χ3v) is 0.911. The standard InChI is InChI=1S/C3H5P.Sb/c1-2-3-4;/h1-3H,4H2;. The zero-order chi connectivity index (χ0) is 4.12. The molecule has 27 valence electrons. The van der Waals surface area contributed by atoms with E-state index >= 15 is 0 Å². The third-order valence-electron chi connectivity index (χ3n) is 0.197. The van der Waals surface area contributed by atoms with Crippen molar-refractivity contribution < 1.29 is 0 Å². The van der Waals surface area contributed by atoms with Gasteiger partial charge >= 0.3 is 47.6 Å². The van der Waals surface area contributed by atoms with E-state index in [0.717, 1.165) is 0 Å². The molecular formula is C3H5PSb. The van der Waals surface area contributed by atoms with E-state index in [9.17, 15) is 0 Å². The van der Waals surface area contributed by atoms with Gasteiger partial charge in [0.25, 0.3) is 0 Å². The summed E-state index contributed by atoms with van der Waals surface area (Å²) in [5, 5.41) is 0. The summed E-state index contributed by atoms with van der Waals surface area (Å²) in [6.07, 6.45) is 1.99. The summed E-state index contributed by atoms with van der Waals surface area (Å²) in [5.41, 5.74) is 0. The van der Waals surface area contributed by atoms with E-state index < -0.39 is 0 Å². The third kappa shape index (κ3) is 4.86. The normalized spacial score (nSPS) is 9.00. The van der Waals surface area contributed by atoms with Gasteiger partial charge in [0.1, 0.15) is 0 Å². The van der Waals surface area contributed by atoms with Crippen LogP contribution in [0.15, 0.2) is 11.9 Å². The molecule has 0 aromatic heterocycles. The Morgan fingerprint density at radius 1 is 1.60 bits per heavy atom. The van der Waals surface area contributed by atoms with Gasteiger partial charge in [-0.2, -0.15) is 0 Å². The topological polar surface area (TPSA) is 0 Å². The molecule has 1 atom stereocenters. The number of hydrogen-bond acceptors (Lipinski definition) is 0. The molecule has 0 spiro atoms. The summed E-state index contributed by atoms with van der Waals surface area (Å²) in [4.78, 5) is 0. The van der Waals surface area contributed by atoms with Crippen molar-refractivity contribution >= 4 is 35.7 Å². The quantitative estimate of drug-likeness (QED) is 0.417. The van der Waals surface area contributed by atoms with Crippen molar-refractivity contribution in [3.05, 3.63) is 11.9 Å². The van der Waals surface area contributed by atoms with Crippen LogP contribution in [-0.2, 0) is 0 Å². The Bertz CT molecular complexity index is 48.9. The Balaban J connectivity index is 2.92. The van der Waals surface area contributed by atoms with Crippen molar-refractivity contribution in [1.82, 2.24) is 0 Å². The van der Waals surface area contributed by atoms with Crippen LogP contribution in [0.1, 0.15) is 0 Å². The van der Waals surface area contributed by atoms with Crippen molar-refractivity contribution in [1.29, 1.82) is 0 Å². The average Bonchev–Trinajstić information content (AvgIpc) is 1.41. The van der Waals surface area contributed by atoms with Gasteiger partial charge in [-0.1, -0.05) is 0 Å². The SMILES string of the molecule is PC=C[CH]=[Sb]. The first kappa shape index (κ1) is 5.86. The predicted molar refractivity (Wildman–Crippen MR) is 30.7 cm³/mol. The number of hydrogen-bond donors (Lipinski definition) is 0. The summed E-state index contributed by atoms with van der Waals surface area (Å²) >= 11 is 1.69. The van der Waals surface area contributed by atoms with Crippen molar-refractivity contribution in [2.75, 3.05) is 0 Å². The minimum atomic E-state index is 1.69. The van der Waals surface area contributed by atoms with E-state index in [1.807, 2.05) is 15.8 Å². The van der Waals surface area contributed by atoms with E-state index in [-0.39, 0.29) is 0 Å². The van der Waals surface area contributed by atoms with E-state index in [2.05, 4.69) is 9.24 Å². The first-order chi connectivity index (χ1) is 2.41. The van der Waals surface area contributed by atoms with Crippen LogP contribution >= 0.6 is 9.24 Å². The molecule has 0 aliphatic carbocycles. The van der Waals surface area contributed by atoms with Crippen LogP contribution < -0.4 is 0 Å². The fraction of sp³-hybridized carbons (Fsp3) is 0. The Morgan fingerprint density at radius 2 is 2.20 bits per heavy atom. The van der Waals surface area contributed by atoms with Crippen LogP contribution in [0.25, 0.3) is 0 Å². The van der Waals surface area contributed by atoms with Crippen LogP contribution in [0, 0.1) is 0 Å². The van der Waals surface area contributed by atoms with Gasteiger partial charge in [-0.3, -0.25) is 0 Å². The molecule has 0 aromatic rings. The van der Waals surface area contributed by atoms with Crippen LogP contribution in [0.4, 0.5) is 0 Å². The fourth-order valence-electron chi connectivity index (χ4n) is 0.0497. The molecule has 0 N–H and O–H groups in total. The van der Waals surface area contributed by atoms with Crippen molar-refractivity contribution in [2.24, 2.45) is 0 Å². The first-order valence-electron chi connectivity index (χ1n) is 1.26. The zero-order valence-corrected chi connectivity index (χ0v) is 6.46. The summed E-state index contributed by atoms with van der Waals surface area (Å²) in [7, 11) is 2.50. The van der Waals surface area contributed by atoms with Crippen LogP contribution in [-0.4, -0.2) is 26.5 Å². The molecule has 0 aromatic carbocycles. The first-order valence-corrected chi connectivity index (χ1v) is 3.40. The molecule has 1 unspecified atom stereocenters. The molecule has 0 amide bonds. The summed E-state index contributed by atoms with van der Waals surface area (Å²) in [6, 6.07) is 0. The van der Waals surface area contributed by atoms with Gasteiger partial charge in [0.15, 0.2) is 0 Å². The van der Waals surface area contributed by atoms with Crippen LogP contribution in [0.5, 0.6) is 0 Å². The predicted octanol–water partition coefficient (Wildman–Crippen LogP) is 0.346. The molecule has 0 heterocycles. The molecule has 0 aliphatic rings. The van der Waals surface area contributed by atoms with Crippen LogP contribution in [0.2, 0.25) is 0 Å². The fourth-order valence-corrected chi connectivity index (χ4v) is 1.00. The van der Waals surface area contributed by atoms with Gasteiger partial charge in [-0.15, -0.1) is 0 Å². The van der Waals surface area contributed by atoms with Crippen molar-refractivity contribution in [3.8, 4) is 0 Å². The van der Waals surface area contributed by atoms with Gasteiger partial charge in [0.2, 0.25) is 0 Å². The van der Waals surface area contributed by atoms with E-state index in [4.69, 9.17) is 0 Å². The van der Waals surface area contributed by atoms with Crippen molar-refractivity contribution in [3.63, 3.8) is 0 Å². The summed E-state index contributed by atoms with van der Waals surface area (Å²) in [5.74, 6) is 1.93. The Kier molecular flexibility index (Phi) is 5.69. The van der Waals surface area contributed by atoms with Gasteiger partial charge in [0.05, 0.1) is 0 Å². The van der Waals surface area contributed by atoms with Gasteiger partial charge in [-0.05, 0) is 0 Å². The molecule has 0 nitrogen and oxygen atoms in total. The van der Waals surface area contributed by atoms with Crippen LogP contribution in [0.3, 0.4) is 0 Å². The zero-order valence-electron chi connectivity index (χ0n) is 2.76. The Morgan fingerprint density at radius 3 is 2.20 bits per heavy atom. The van der Waals surface area contributed by atoms with Gasteiger partial charge < -0.3 is 0 Å². The Labute approximate surface area is 47.8 Å². The minimum absolute atomic E-state index is 1.69. The second kappa shape index (κ2) is 4.86. The van der Waals surface area contributed by atoms with Crippen molar-refractivity contribution in [2.45, 2.75) is 0 Å². The monoisotopic (exact) mass is 193 g/mol. The molecular weight excluding hydrogens is 189 g/mol. The average molecular weight is 194 g/mol. The maximum atomic E-state index is 2.50. The van der Waals surface area contributed by atoms with E-state index in [1.54, 1.807) is 22.5 Å². The molecule has 0 aliphatic heterocycles. The number of rotatable bonds is 1. The summed E-state index contributed by atoms with van der Waals surface area (Å²) < 4.78 is 2.03. The van der Waals surface area contributed by atoms with Gasteiger partial charge in [-0.25, -0.2) is 0 Å². The molecule has 0 saturated carbocycles. The molecule has 0 saturated heterocycles. The molecule has 2 heteroatoms. The molecule has 0 rings (SSSR count). The molecule has 5 heavy (non-hydrogen) atoms. The van der Waals surface area contributed by atoms with E-state index in [0.29, 0.717) is 0 Å². The second-order valence-corrected chi connectivity index (χ2v) is 1.77. The second-order valence-electron chi connectivity index (χ2n) is 0.534. The van der Waals surface area contributed by atoms with E-state index in [1.165, 1.54) is 0 Å².